The predicted molar refractivity (Wildman–Crippen MR) is 118 cm³/mol. The highest BCUT2D eigenvalue weighted by Gasteiger charge is 2.32. The highest BCUT2D eigenvalue weighted by Crippen LogP contribution is 2.25. The fraction of sp³-hybridized carbons (Fsp3) is 0.217. The van der Waals surface area contributed by atoms with Crippen LogP contribution in [0.5, 0.6) is 0 Å². The van der Waals surface area contributed by atoms with Crippen molar-refractivity contribution in [2.24, 2.45) is 0 Å². The second kappa shape index (κ2) is 8.47. The third kappa shape index (κ3) is 4.74. The van der Waals surface area contributed by atoms with Crippen LogP contribution >= 0.6 is 0 Å². The topological polar surface area (TPSA) is 72.3 Å². The molecule has 0 saturated carbocycles. The van der Waals surface area contributed by atoms with Gasteiger partial charge in [-0.25, -0.2) is 17.5 Å². The Morgan fingerprint density at radius 1 is 1.16 bits per heavy atom. The molecule has 1 fully saturated rings. The molecule has 0 radical (unpaired) electrons. The molecule has 1 aromatic heterocycles. The molecule has 31 heavy (non-hydrogen) atoms. The summed E-state index contributed by atoms with van der Waals surface area (Å²) in [6.07, 6.45) is 5.33. The fourth-order valence-electron chi connectivity index (χ4n) is 3.59. The lowest BCUT2D eigenvalue weighted by Crippen LogP contribution is -2.36. The van der Waals surface area contributed by atoms with Crippen molar-refractivity contribution in [2.75, 3.05) is 18.6 Å². The van der Waals surface area contributed by atoms with E-state index < -0.39 is 9.84 Å². The van der Waals surface area contributed by atoms with Crippen molar-refractivity contribution in [1.82, 2.24) is 14.7 Å². The van der Waals surface area contributed by atoms with Crippen LogP contribution in [0.4, 0.5) is 4.39 Å². The highest BCUT2D eigenvalue weighted by molar-refractivity contribution is 7.91. The van der Waals surface area contributed by atoms with Crippen LogP contribution in [0.15, 0.2) is 66.9 Å². The molecule has 1 saturated heterocycles. The summed E-state index contributed by atoms with van der Waals surface area (Å²) in [5, 5.41) is 4.64. The van der Waals surface area contributed by atoms with E-state index in [1.54, 1.807) is 36.1 Å². The summed E-state index contributed by atoms with van der Waals surface area (Å²) < 4.78 is 38.5. The third-order valence-corrected chi connectivity index (χ3v) is 7.14. The smallest absolute Gasteiger partial charge is 0.246 e. The average molecular weight is 440 g/mol. The van der Waals surface area contributed by atoms with E-state index >= 15 is 0 Å². The number of benzene rings is 2. The molecule has 2 heterocycles. The van der Waals surface area contributed by atoms with Crippen LogP contribution in [0.3, 0.4) is 0 Å². The molecule has 8 heteroatoms. The number of sulfone groups is 1. The van der Waals surface area contributed by atoms with Gasteiger partial charge in [0.1, 0.15) is 5.82 Å². The Morgan fingerprint density at radius 2 is 1.87 bits per heavy atom. The maximum Gasteiger partial charge on any atom is 0.246 e. The molecule has 160 valence electrons. The van der Waals surface area contributed by atoms with E-state index in [0.717, 1.165) is 11.3 Å². The van der Waals surface area contributed by atoms with Gasteiger partial charge in [-0.1, -0.05) is 18.2 Å². The molecular formula is C23H22FN3O3S. The molecule has 0 aliphatic carbocycles. The molecule has 6 nitrogen and oxygen atoms in total. The zero-order chi connectivity index (χ0) is 22.0. The number of para-hydroxylation sites is 1. The fourth-order valence-corrected chi connectivity index (χ4v) is 5.37. The van der Waals surface area contributed by atoms with Crippen LogP contribution in [-0.4, -0.2) is 53.6 Å². The second-order valence-electron chi connectivity index (χ2n) is 7.56. The molecule has 1 atom stereocenters. The Kier molecular flexibility index (Phi) is 5.73. The van der Waals surface area contributed by atoms with Crippen LogP contribution in [0.2, 0.25) is 0 Å². The number of amides is 1. The van der Waals surface area contributed by atoms with E-state index in [0.29, 0.717) is 17.7 Å². The van der Waals surface area contributed by atoms with E-state index in [1.165, 1.54) is 23.1 Å². The van der Waals surface area contributed by atoms with Gasteiger partial charge in [0.25, 0.3) is 0 Å². The Bertz CT molecular complexity index is 1220. The normalized spacial score (nSPS) is 17.8. The average Bonchev–Trinajstić information content (AvgIpc) is 3.36. The molecule has 1 aliphatic heterocycles. The van der Waals surface area contributed by atoms with Gasteiger partial charge in [-0.3, -0.25) is 4.79 Å². The maximum atomic E-state index is 13.4. The lowest BCUT2D eigenvalue weighted by molar-refractivity contribution is -0.126. The van der Waals surface area contributed by atoms with Gasteiger partial charge in [-0.15, -0.1) is 0 Å². The molecule has 3 aromatic rings. The van der Waals surface area contributed by atoms with Crippen LogP contribution in [0, 0.1) is 5.82 Å². The number of hydrogen-bond acceptors (Lipinski definition) is 4. The van der Waals surface area contributed by atoms with Gasteiger partial charge in [-0.2, -0.15) is 5.10 Å². The van der Waals surface area contributed by atoms with Crippen molar-refractivity contribution in [3.63, 3.8) is 0 Å². The summed E-state index contributed by atoms with van der Waals surface area (Å²) in [4.78, 5) is 14.1. The van der Waals surface area contributed by atoms with Crippen molar-refractivity contribution < 1.29 is 17.6 Å². The first-order valence-corrected chi connectivity index (χ1v) is 11.7. The SMILES string of the molecule is CN(C(=O)/C=C/c1cn(-c2ccccc2)nc1-c1ccc(F)cc1)C1CCS(=O)(=O)C1. The molecule has 1 unspecified atom stereocenters. The summed E-state index contributed by atoms with van der Waals surface area (Å²) >= 11 is 0. The molecule has 1 amide bonds. The Morgan fingerprint density at radius 3 is 2.52 bits per heavy atom. The van der Waals surface area contributed by atoms with Crippen LogP contribution < -0.4 is 0 Å². The number of nitrogens with zero attached hydrogens (tertiary/aromatic N) is 3. The second-order valence-corrected chi connectivity index (χ2v) is 9.79. The molecule has 0 bridgehead atoms. The molecule has 0 N–H and O–H groups in total. The number of halogens is 1. The zero-order valence-corrected chi connectivity index (χ0v) is 17.8. The van der Waals surface area contributed by atoms with Crippen LogP contribution in [0.25, 0.3) is 23.0 Å². The van der Waals surface area contributed by atoms with E-state index in [4.69, 9.17) is 0 Å². The third-order valence-electron chi connectivity index (χ3n) is 5.39. The standard InChI is InChI=1S/C23H22FN3O3S/c1-26(21-13-14-31(29,30)16-21)22(28)12-9-18-15-27(20-5-3-2-4-6-20)25-23(18)17-7-10-19(24)11-8-17/h2-12,15,21H,13-14,16H2,1H3/b12-9+. The Hall–Kier alpha value is -3.26. The van der Waals surface area contributed by atoms with E-state index in [-0.39, 0.29) is 29.3 Å². The van der Waals surface area contributed by atoms with Crippen molar-refractivity contribution in [2.45, 2.75) is 12.5 Å². The summed E-state index contributed by atoms with van der Waals surface area (Å²) in [7, 11) is -1.46. The molecule has 4 rings (SSSR count). The molecule has 1 aliphatic rings. The first kappa shape index (κ1) is 21.0. The quantitative estimate of drug-likeness (QED) is 0.572. The number of carbonyl (C=O) groups is 1. The Balaban J connectivity index is 1.64. The number of carbonyl (C=O) groups excluding carboxylic acids is 1. The monoisotopic (exact) mass is 439 g/mol. The number of aromatic nitrogens is 2. The van der Waals surface area contributed by atoms with Gasteiger partial charge in [-0.05, 0) is 48.9 Å². The van der Waals surface area contributed by atoms with Crippen LogP contribution in [0.1, 0.15) is 12.0 Å². The maximum absolute atomic E-state index is 13.4. The van der Waals surface area contributed by atoms with Crippen molar-refractivity contribution in [3.05, 3.63) is 78.3 Å². The van der Waals surface area contributed by atoms with E-state index in [2.05, 4.69) is 5.10 Å². The lowest BCUT2D eigenvalue weighted by Gasteiger charge is -2.21. The van der Waals surface area contributed by atoms with Gasteiger partial charge >= 0.3 is 0 Å². The van der Waals surface area contributed by atoms with Gasteiger partial charge in [0.15, 0.2) is 9.84 Å². The lowest BCUT2D eigenvalue weighted by atomic mass is 10.1. The van der Waals surface area contributed by atoms with Gasteiger partial charge in [0.05, 0.1) is 22.9 Å². The zero-order valence-electron chi connectivity index (χ0n) is 17.0. The van der Waals surface area contributed by atoms with Gasteiger partial charge in [0, 0.05) is 36.5 Å². The first-order valence-electron chi connectivity index (χ1n) is 9.89. The highest BCUT2D eigenvalue weighted by atomic mass is 32.2. The summed E-state index contributed by atoms with van der Waals surface area (Å²) in [5.41, 5.74) is 2.87. The molecule has 0 spiro atoms. The van der Waals surface area contributed by atoms with Crippen molar-refractivity contribution in [1.29, 1.82) is 0 Å². The minimum absolute atomic E-state index is 0.00412. The Labute approximate surface area is 180 Å². The predicted octanol–water partition coefficient (Wildman–Crippen LogP) is 3.34. The molecular weight excluding hydrogens is 417 g/mol. The summed E-state index contributed by atoms with van der Waals surface area (Å²) in [5.74, 6) is -0.515. The summed E-state index contributed by atoms with van der Waals surface area (Å²) in [6.45, 7) is 0. The van der Waals surface area contributed by atoms with Gasteiger partial charge < -0.3 is 4.90 Å². The summed E-state index contributed by atoms with van der Waals surface area (Å²) in [6, 6.07) is 15.2. The van der Waals surface area contributed by atoms with Crippen molar-refractivity contribution in [3.8, 4) is 16.9 Å². The minimum Gasteiger partial charge on any atom is -0.338 e. The van der Waals surface area contributed by atoms with Crippen molar-refractivity contribution >= 4 is 21.8 Å². The van der Waals surface area contributed by atoms with Crippen LogP contribution in [-0.2, 0) is 14.6 Å². The number of rotatable bonds is 5. The van der Waals surface area contributed by atoms with E-state index in [1.807, 2.05) is 30.3 Å². The van der Waals surface area contributed by atoms with Gasteiger partial charge in [0.2, 0.25) is 5.91 Å². The largest absolute Gasteiger partial charge is 0.338 e. The molecule has 2 aromatic carbocycles. The first-order chi connectivity index (χ1) is 14.8. The number of likely N-dealkylation sites (N-methyl/N-ethyl adjacent to an activating group) is 1. The minimum atomic E-state index is -3.08. The number of hydrogen-bond donors (Lipinski definition) is 0. The van der Waals surface area contributed by atoms with E-state index in [9.17, 15) is 17.6 Å².